The molecule has 0 saturated carbocycles. The molecule has 0 atom stereocenters. The van der Waals surface area contributed by atoms with Crippen LogP contribution in [0.1, 0.15) is 74.5 Å². The lowest BCUT2D eigenvalue weighted by Gasteiger charge is -2.42. The van der Waals surface area contributed by atoms with Crippen molar-refractivity contribution in [3.05, 3.63) is 70.8 Å². The molecule has 0 radical (unpaired) electrons. The molecular formula is C25H28O4. The maximum Gasteiger partial charge on any atom is 0.339 e. The molecule has 3 rings (SSSR count). The fourth-order valence-electron chi connectivity index (χ4n) is 3.96. The number of fused-ring (bicyclic) bond motifs is 1. The molecule has 0 bridgehead atoms. The van der Waals surface area contributed by atoms with Crippen molar-refractivity contribution in [2.75, 3.05) is 0 Å². The first-order valence-corrected chi connectivity index (χ1v) is 9.89. The van der Waals surface area contributed by atoms with E-state index in [0.717, 1.165) is 24.0 Å². The maximum atomic E-state index is 12.4. The van der Waals surface area contributed by atoms with Crippen LogP contribution >= 0.6 is 0 Å². The van der Waals surface area contributed by atoms with Crippen LogP contribution in [0, 0.1) is 0 Å². The van der Waals surface area contributed by atoms with Crippen LogP contribution in [0.5, 0.6) is 5.75 Å². The van der Waals surface area contributed by atoms with Crippen LogP contribution in [-0.2, 0) is 15.6 Å². The molecule has 4 nitrogen and oxygen atoms in total. The smallest absolute Gasteiger partial charge is 0.339 e. The van der Waals surface area contributed by atoms with E-state index in [4.69, 9.17) is 4.74 Å². The molecule has 0 aliphatic heterocycles. The van der Waals surface area contributed by atoms with Gasteiger partial charge in [0.2, 0.25) is 0 Å². The Kier molecular flexibility index (Phi) is 5.40. The fourth-order valence-corrected chi connectivity index (χ4v) is 3.96. The average molecular weight is 392 g/mol. The molecule has 2 aromatic rings. The molecule has 0 amide bonds. The van der Waals surface area contributed by atoms with E-state index in [-0.39, 0.29) is 22.1 Å². The Morgan fingerprint density at radius 2 is 1.59 bits per heavy atom. The molecular weight excluding hydrogens is 364 g/mol. The summed E-state index contributed by atoms with van der Waals surface area (Å²) in [6.07, 6.45) is 3.69. The second-order valence-electron chi connectivity index (χ2n) is 9.08. The van der Waals surface area contributed by atoms with E-state index >= 15 is 0 Å². The molecule has 0 saturated heterocycles. The minimum atomic E-state index is -1.13. The van der Waals surface area contributed by atoms with E-state index in [1.807, 2.05) is 13.0 Å². The number of rotatable bonds is 4. The first-order valence-electron chi connectivity index (χ1n) is 9.89. The lowest BCUT2D eigenvalue weighted by atomic mass is 9.63. The Labute approximate surface area is 172 Å². The predicted molar refractivity (Wildman–Crippen MR) is 114 cm³/mol. The average Bonchev–Trinajstić information content (AvgIpc) is 2.65. The van der Waals surface area contributed by atoms with Crippen molar-refractivity contribution in [2.24, 2.45) is 0 Å². The van der Waals surface area contributed by atoms with Crippen molar-refractivity contribution >= 4 is 17.5 Å². The van der Waals surface area contributed by atoms with Crippen LogP contribution in [0.3, 0.4) is 0 Å². The van der Waals surface area contributed by atoms with Gasteiger partial charge in [0.05, 0.1) is 0 Å². The van der Waals surface area contributed by atoms with Crippen LogP contribution < -0.4 is 4.74 Å². The van der Waals surface area contributed by atoms with Gasteiger partial charge < -0.3 is 9.84 Å². The summed E-state index contributed by atoms with van der Waals surface area (Å²) in [5.74, 6) is -1.68. The Hall–Kier alpha value is -2.88. The van der Waals surface area contributed by atoms with Gasteiger partial charge in [-0.15, -0.1) is 0 Å². The van der Waals surface area contributed by atoms with Crippen LogP contribution in [0.2, 0.25) is 0 Å². The Morgan fingerprint density at radius 3 is 2.24 bits per heavy atom. The summed E-state index contributed by atoms with van der Waals surface area (Å²) < 4.78 is 5.29. The van der Waals surface area contributed by atoms with Crippen LogP contribution in [-0.4, -0.2) is 17.0 Å². The van der Waals surface area contributed by atoms with Crippen molar-refractivity contribution in [1.82, 2.24) is 0 Å². The van der Waals surface area contributed by atoms with Crippen molar-refractivity contribution in [3.63, 3.8) is 0 Å². The van der Waals surface area contributed by atoms with Gasteiger partial charge in [0.25, 0.3) is 0 Å². The van der Waals surface area contributed by atoms with Gasteiger partial charge in [-0.2, -0.15) is 0 Å². The molecule has 0 unspecified atom stereocenters. The summed E-state index contributed by atoms with van der Waals surface area (Å²) in [7, 11) is 0. The minimum Gasteiger partial charge on any atom is -0.478 e. The highest BCUT2D eigenvalue weighted by Crippen LogP contribution is 2.46. The Balaban J connectivity index is 1.89. The van der Waals surface area contributed by atoms with Gasteiger partial charge in [-0.1, -0.05) is 58.0 Å². The molecule has 152 valence electrons. The number of aromatic carboxylic acids is 1. The number of para-hydroxylation sites is 1. The van der Waals surface area contributed by atoms with Crippen molar-refractivity contribution < 1.29 is 19.4 Å². The number of hydrogen-bond acceptors (Lipinski definition) is 3. The first kappa shape index (κ1) is 20.8. The number of carboxylic acids is 1. The maximum absolute atomic E-state index is 12.4. The van der Waals surface area contributed by atoms with Crippen LogP contribution in [0.15, 0.2) is 48.5 Å². The summed E-state index contributed by atoms with van der Waals surface area (Å²) in [4.78, 5) is 23.7. The van der Waals surface area contributed by atoms with E-state index in [2.05, 4.69) is 39.8 Å². The summed E-state index contributed by atoms with van der Waals surface area (Å²) >= 11 is 0. The van der Waals surface area contributed by atoms with Crippen molar-refractivity contribution in [1.29, 1.82) is 0 Å². The molecule has 0 aromatic heterocycles. The molecule has 0 heterocycles. The number of esters is 1. The monoisotopic (exact) mass is 392 g/mol. The molecule has 2 aromatic carbocycles. The van der Waals surface area contributed by atoms with Gasteiger partial charge in [-0.05, 0) is 65.0 Å². The third-order valence-corrected chi connectivity index (χ3v) is 5.97. The zero-order valence-electron chi connectivity index (χ0n) is 17.7. The zero-order chi connectivity index (χ0) is 21.4. The highest BCUT2D eigenvalue weighted by atomic mass is 16.5. The SMILES string of the molecule is C/C(=C/C(=O)Oc1ccccc1C(=O)O)c1ccc2c(c1)C(C)(C)CCC2(C)C. The highest BCUT2D eigenvalue weighted by molar-refractivity contribution is 5.95. The summed E-state index contributed by atoms with van der Waals surface area (Å²) in [6, 6.07) is 12.5. The second kappa shape index (κ2) is 7.51. The summed E-state index contributed by atoms with van der Waals surface area (Å²) in [6.45, 7) is 11.0. The molecule has 29 heavy (non-hydrogen) atoms. The number of allylic oxidation sites excluding steroid dienone is 1. The summed E-state index contributed by atoms with van der Waals surface area (Å²) in [5, 5.41) is 9.24. The Bertz CT molecular complexity index is 996. The minimum absolute atomic E-state index is 0.0373. The van der Waals surface area contributed by atoms with Gasteiger partial charge >= 0.3 is 11.9 Å². The fraction of sp³-hybridized carbons (Fsp3) is 0.360. The molecule has 1 N–H and O–H groups in total. The number of carbonyl (C=O) groups excluding carboxylic acids is 1. The Morgan fingerprint density at radius 1 is 0.966 bits per heavy atom. The predicted octanol–water partition coefficient (Wildman–Crippen LogP) is 5.74. The third kappa shape index (κ3) is 4.26. The van der Waals surface area contributed by atoms with E-state index in [9.17, 15) is 14.7 Å². The first-order chi connectivity index (χ1) is 13.5. The standard InChI is InChI=1S/C25H28O4/c1-16(14-22(26)29-21-9-7-6-8-18(21)23(27)28)17-10-11-19-20(15-17)25(4,5)13-12-24(19,2)3/h6-11,14-15H,12-13H2,1-5H3,(H,27,28)/b16-14-. The third-order valence-electron chi connectivity index (χ3n) is 5.97. The number of carbonyl (C=O) groups is 2. The lowest BCUT2D eigenvalue weighted by Crippen LogP contribution is -2.33. The van der Waals surface area contributed by atoms with Crippen LogP contribution in [0.4, 0.5) is 0 Å². The van der Waals surface area contributed by atoms with Gasteiger partial charge in [-0.3, -0.25) is 0 Å². The van der Waals surface area contributed by atoms with Crippen LogP contribution in [0.25, 0.3) is 5.57 Å². The van der Waals surface area contributed by atoms with Gasteiger partial charge in [0.15, 0.2) is 0 Å². The lowest BCUT2D eigenvalue weighted by molar-refractivity contribution is -0.128. The van der Waals surface area contributed by atoms with Gasteiger partial charge in [0.1, 0.15) is 11.3 Å². The van der Waals surface area contributed by atoms with Crippen molar-refractivity contribution in [3.8, 4) is 5.75 Å². The quantitative estimate of drug-likeness (QED) is 0.409. The summed E-state index contributed by atoms with van der Waals surface area (Å²) in [5.41, 5.74) is 4.63. The topological polar surface area (TPSA) is 63.6 Å². The number of carboxylic acid groups (broad SMARTS) is 1. The molecule has 1 aliphatic rings. The van der Waals surface area contributed by atoms with Gasteiger partial charge in [0, 0.05) is 6.08 Å². The molecule has 0 spiro atoms. The molecule has 1 aliphatic carbocycles. The normalized spacial score (nSPS) is 17.3. The number of hydrogen-bond donors (Lipinski definition) is 1. The van der Waals surface area contributed by atoms with E-state index in [1.54, 1.807) is 12.1 Å². The van der Waals surface area contributed by atoms with E-state index < -0.39 is 11.9 Å². The number of ether oxygens (including phenoxy) is 1. The number of benzene rings is 2. The molecule has 0 fully saturated rings. The van der Waals surface area contributed by atoms with E-state index in [1.165, 1.54) is 29.3 Å². The van der Waals surface area contributed by atoms with Crippen molar-refractivity contribution in [2.45, 2.75) is 58.3 Å². The van der Waals surface area contributed by atoms with Gasteiger partial charge in [-0.25, -0.2) is 9.59 Å². The molecule has 4 heteroatoms. The second-order valence-corrected chi connectivity index (χ2v) is 9.08. The largest absolute Gasteiger partial charge is 0.478 e. The zero-order valence-corrected chi connectivity index (χ0v) is 17.7. The van der Waals surface area contributed by atoms with E-state index in [0.29, 0.717) is 0 Å². The highest BCUT2D eigenvalue weighted by Gasteiger charge is 2.36.